The molecule has 0 rings (SSSR count). The van der Waals surface area contributed by atoms with E-state index in [1.54, 1.807) is 0 Å². The molecule has 1 nitrogen and oxygen atoms in total. The summed E-state index contributed by atoms with van der Waals surface area (Å²) in [7, 11) is 0. The van der Waals surface area contributed by atoms with E-state index in [0.29, 0.717) is 0 Å². The summed E-state index contributed by atoms with van der Waals surface area (Å²) in [6.07, 6.45) is 9.14. The van der Waals surface area contributed by atoms with E-state index in [9.17, 15) is 0 Å². The molecule has 0 saturated carbocycles. The van der Waals surface area contributed by atoms with Gasteiger partial charge in [0.05, 0.1) is 5.60 Å². The SMILES string of the molecule is CC/C=C\[C@](C)(CC)CC(C)(CC)OCC. The maximum atomic E-state index is 5.92. The highest BCUT2D eigenvalue weighted by atomic mass is 16.5. The highest BCUT2D eigenvalue weighted by Gasteiger charge is 2.31. The number of hydrogen-bond acceptors (Lipinski definition) is 1. The van der Waals surface area contributed by atoms with Crippen molar-refractivity contribution in [3.63, 3.8) is 0 Å². The van der Waals surface area contributed by atoms with Crippen LogP contribution in [0.15, 0.2) is 12.2 Å². The Morgan fingerprint density at radius 2 is 1.62 bits per heavy atom. The molecule has 0 spiro atoms. The smallest absolute Gasteiger partial charge is 0.0660 e. The standard InChI is InChI=1S/C15H30O/c1-7-11-12-14(5,8-2)13-15(6,9-3)16-10-4/h11-12H,7-10,13H2,1-6H3/b12-11-/t14-,15?/m0/s1. The van der Waals surface area contributed by atoms with Gasteiger partial charge < -0.3 is 4.74 Å². The molecule has 0 aliphatic carbocycles. The molecule has 0 aromatic rings. The molecule has 0 aromatic carbocycles. The molecule has 0 aliphatic rings. The van der Waals surface area contributed by atoms with Crippen molar-refractivity contribution in [2.75, 3.05) is 6.61 Å². The number of hydrogen-bond donors (Lipinski definition) is 0. The van der Waals surface area contributed by atoms with Crippen molar-refractivity contribution in [3.05, 3.63) is 12.2 Å². The minimum Gasteiger partial charge on any atom is -0.376 e. The second-order valence-electron chi connectivity index (χ2n) is 5.23. The average Bonchev–Trinajstić information content (AvgIpc) is 2.27. The lowest BCUT2D eigenvalue weighted by molar-refractivity contribution is -0.0524. The highest BCUT2D eigenvalue weighted by Crippen LogP contribution is 2.36. The van der Waals surface area contributed by atoms with Crippen LogP contribution < -0.4 is 0 Å². The first kappa shape index (κ1) is 15.7. The first-order valence-corrected chi connectivity index (χ1v) is 6.77. The summed E-state index contributed by atoms with van der Waals surface area (Å²) in [5.41, 5.74) is 0.299. The summed E-state index contributed by atoms with van der Waals surface area (Å²) in [5.74, 6) is 0. The van der Waals surface area contributed by atoms with Crippen LogP contribution in [0.5, 0.6) is 0 Å². The monoisotopic (exact) mass is 226 g/mol. The molecule has 16 heavy (non-hydrogen) atoms. The fourth-order valence-electron chi connectivity index (χ4n) is 2.18. The summed E-state index contributed by atoms with van der Waals surface area (Å²) in [6, 6.07) is 0. The number of ether oxygens (including phenoxy) is 1. The van der Waals surface area contributed by atoms with Crippen molar-refractivity contribution in [2.24, 2.45) is 5.41 Å². The minimum absolute atomic E-state index is 0.0254. The van der Waals surface area contributed by atoms with Crippen molar-refractivity contribution in [1.29, 1.82) is 0 Å². The van der Waals surface area contributed by atoms with Gasteiger partial charge in [-0.3, -0.25) is 0 Å². The van der Waals surface area contributed by atoms with E-state index in [-0.39, 0.29) is 11.0 Å². The molecule has 0 N–H and O–H groups in total. The Kier molecular flexibility index (Phi) is 6.98. The van der Waals surface area contributed by atoms with Gasteiger partial charge in [0.15, 0.2) is 0 Å². The molecule has 0 amide bonds. The molecule has 0 aliphatic heterocycles. The lowest BCUT2D eigenvalue weighted by Crippen LogP contribution is -2.34. The topological polar surface area (TPSA) is 9.23 Å². The largest absolute Gasteiger partial charge is 0.376 e. The van der Waals surface area contributed by atoms with E-state index in [4.69, 9.17) is 4.74 Å². The molecule has 0 saturated heterocycles. The Labute approximate surface area is 102 Å². The molecule has 0 bridgehead atoms. The van der Waals surface area contributed by atoms with Crippen molar-refractivity contribution in [2.45, 2.75) is 72.8 Å². The fraction of sp³-hybridized carbons (Fsp3) is 0.867. The summed E-state index contributed by atoms with van der Waals surface area (Å²) >= 11 is 0. The van der Waals surface area contributed by atoms with Crippen molar-refractivity contribution in [3.8, 4) is 0 Å². The normalized spacial score (nSPS) is 19.6. The first-order valence-electron chi connectivity index (χ1n) is 6.77. The molecule has 0 fully saturated rings. The van der Waals surface area contributed by atoms with Gasteiger partial charge in [0.2, 0.25) is 0 Å². The van der Waals surface area contributed by atoms with Crippen LogP contribution in [0.4, 0.5) is 0 Å². The predicted octanol–water partition coefficient (Wildman–Crippen LogP) is 4.96. The lowest BCUT2D eigenvalue weighted by Gasteiger charge is -2.37. The van der Waals surface area contributed by atoms with Gasteiger partial charge >= 0.3 is 0 Å². The van der Waals surface area contributed by atoms with Crippen LogP contribution in [-0.2, 0) is 4.74 Å². The summed E-state index contributed by atoms with van der Waals surface area (Å²) in [6.45, 7) is 14.1. The Bertz CT molecular complexity index is 209. The average molecular weight is 226 g/mol. The van der Waals surface area contributed by atoms with Crippen LogP contribution in [0.3, 0.4) is 0 Å². The van der Waals surface area contributed by atoms with Crippen LogP contribution in [0.2, 0.25) is 0 Å². The van der Waals surface area contributed by atoms with Gasteiger partial charge in [-0.1, -0.05) is 39.8 Å². The predicted molar refractivity (Wildman–Crippen MR) is 72.8 cm³/mol. The number of rotatable bonds is 8. The van der Waals surface area contributed by atoms with Crippen LogP contribution in [0.25, 0.3) is 0 Å². The molecule has 2 atom stereocenters. The molecule has 0 heterocycles. The molecule has 1 unspecified atom stereocenters. The fourth-order valence-corrected chi connectivity index (χ4v) is 2.18. The maximum Gasteiger partial charge on any atom is 0.0660 e. The summed E-state index contributed by atoms with van der Waals surface area (Å²) in [5, 5.41) is 0. The Hall–Kier alpha value is -0.300. The Morgan fingerprint density at radius 3 is 2.00 bits per heavy atom. The third-order valence-electron chi connectivity index (χ3n) is 3.58. The first-order chi connectivity index (χ1) is 7.45. The third kappa shape index (κ3) is 5.16. The van der Waals surface area contributed by atoms with Crippen molar-refractivity contribution >= 4 is 0 Å². The quantitative estimate of drug-likeness (QED) is 0.531. The number of allylic oxidation sites excluding steroid dienone is 2. The molecular formula is C15H30O. The lowest BCUT2D eigenvalue weighted by atomic mass is 9.76. The van der Waals surface area contributed by atoms with E-state index >= 15 is 0 Å². The summed E-state index contributed by atoms with van der Waals surface area (Å²) < 4.78 is 5.92. The van der Waals surface area contributed by atoms with E-state index in [2.05, 4.69) is 53.7 Å². The second-order valence-corrected chi connectivity index (χ2v) is 5.23. The van der Waals surface area contributed by atoms with E-state index in [0.717, 1.165) is 25.9 Å². The molecule has 96 valence electrons. The van der Waals surface area contributed by atoms with Crippen LogP contribution in [0, 0.1) is 5.41 Å². The zero-order valence-corrected chi connectivity index (χ0v) is 12.1. The van der Waals surface area contributed by atoms with E-state index < -0.39 is 0 Å². The van der Waals surface area contributed by atoms with E-state index in [1.807, 2.05) is 0 Å². The summed E-state index contributed by atoms with van der Waals surface area (Å²) in [4.78, 5) is 0. The molecule has 0 radical (unpaired) electrons. The van der Waals surface area contributed by atoms with E-state index in [1.165, 1.54) is 6.42 Å². The van der Waals surface area contributed by atoms with Crippen LogP contribution in [-0.4, -0.2) is 12.2 Å². The van der Waals surface area contributed by atoms with Crippen molar-refractivity contribution in [1.82, 2.24) is 0 Å². The zero-order chi connectivity index (χ0) is 12.7. The van der Waals surface area contributed by atoms with Crippen LogP contribution in [0.1, 0.15) is 67.2 Å². The van der Waals surface area contributed by atoms with Gasteiger partial charge in [-0.05, 0) is 44.9 Å². The van der Waals surface area contributed by atoms with Gasteiger partial charge in [0.1, 0.15) is 0 Å². The Morgan fingerprint density at radius 1 is 1.00 bits per heavy atom. The van der Waals surface area contributed by atoms with Gasteiger partial charge in [-0.15, -0.1) is 0 Å². The zero-order valence-electron chi connectivity index (χ0n) is 12.1. The van der Waals surface area contributed by atoms with Gasteiger partial charge in [0.25, 0.3) is 0 Å². The molecular weight excluding hydrogens is 196 g/mol. The minimum atomic E-state index is 0.0254. The maximum absolute atomic E-state index is 5.92. The van der Waals surface area contributed by atoms with Crippen molar-refractivity contribution < 1.29 is 4.74 Å². The molecule has 0 aromatic heterocycles. The molecule has 1 heteroatoms. The highest BCUT2D eigenvalue weighted by molar-refractivity contribution is 4.99. The van der Waals surface area contributed by atoms with Gasteiger partial charge in [-0.2, -0.15) is 0 Å². The van der Waals surface area contributed by atoms with Gasteiger partial charge in [0, 0.05) is 6.61 Å². The Balaban J connectivity index is 4.66. The second kappa shape index (κ2) is 7.11. The van der Waals surface area contributed by atoms with Crippen LogP contribution >= 0.6 is 0 Å². The third-order valence-corrected chi connectivity index (χ3v) is 3.58. The van der Waals surface area contributed by atoms with Gasteiger partial charge in [-0.25, -0.2) is 0 Å².